The number of methoxy groups -OCH3 is 1. The molecule has 1 fully saturated rings. The van der Waals surface area contributed by atoms with Crippen molar-refractivity contribution in [2.24, 2.45) is 0 Å². The van der Waals surface area contributed by atoms with Crippen LogP contribution < -0.4 is 9.64 Å². The van der Waals surface area contributed by atoms with Gasteiger partial charge in [-0.25, -0.2) is 0 Å². The number of nitrogens with one attached hydrogen (secondary N) is 1. The van der Waals surface area contributed by atoms with Gasteiger partial charge in [0.2, 0.25) is 0 Å². The third-order valence-corrected chi connectivity index (χ3v) is 5.42. The molecule has 1 atom stereocenters. The first-order valence-electron chi connectivity index (χ1n) is 9.87. The monoisotopic (exact) mass is 390 g/mol. The number of benzene rings is 2. The minimum atomic E-state index is -0.0117. The number of rotatable bonds is 4. The maximum absolute atomic E-state index is 13.0. The van der Waals surface area contributed by atoms with E-state index in [0.29, 0.717) is 18.8 Å². The molecule has 2 aromatic carbocycles. The van der Waals surface area contributed by atoms with Crippen LogP contribution in [-0.2, 0) is 0 Å². The first-order valence-corrected chi connectivity index (χ1v) is 9.87. The summed E-state index contributed by atoms with van der Waals surface area (Å²) in [6, 6.07) is 18.2. The Morgan fingerprint density at radius 2 is 1.97 bits per heavy atom. The van der Waals surface area contributed by atoms with Crippen LogP contribution in [0, 0.1) is 6.92 Å². The van der Waals surface area contributed by atoms with Gasteiger partial charge in [-0.15, -0.1) is 0 Å². The summed E-state index contributed by atoms with van der Waals surface area (Å²) in [6.07, 6.45) is 0. The molecule has 4 rings (SSSR count). The highest BCUT2D eigenvalue weighted by molar-refractivity contribution is 5.93. The highest BCUT2D eigenvalue weighted by Gasteiger charge is 2.28. The fraction of sp³-hybridized carbons (Fsp3) is 0.304. The summed E-state index contributed by atoms with van der Waals surface area (Å²) < 4.78 is 5.27. The SMILES string of the molecule is COc1cccc(-c2cc(C(=O)N3CCN(c4cccc(C)c4)[C@@H](C)C3)[nH]n2)c1. The topological polar surface area (TPSA) is 61.5 Å². The number of carbonyl (C=O) groups excluding carboxylic acids is 1. The number of piperazine rings is 1. The molecule has 150 valence electrons. The number of aromatic amines is 1. The molecule has 0 saturated carbocycles. The molecule has 2 heterocycles. The maximum atomic E-state index is 13.0. The standard InChI is InChI=1S/C23H26N4O2/c1-16-6-4-8-19(12-16)27-11-10-26(15-17(27)2)23(28)22-14-21(24-25-22)18-7-5-9-20(13-18)29-3/h4-9,12-14,17H,10-11,15H2,1-3H3,(H,24,25)/t17-/m0/s1. The lowest BCUT2D eigenvalue weighted by Gasteiger charge is -2.41. The fourth-order valence-corrected chi connectivity index (χ4v) is 3.86. The van der Waals surface area contributed by atoms with E-state index in [0.717, 1.165) is 23.6 Å². The lowest BCUT2D eigenvalue weighted by atomic mass is 10.1. The van der Waals surface area contributed by atoms with Crippen LogP contribution >= 0.6 is 0 Å². The van der Waals surface area contributed by atoms with Crippen molar-refractivity contribution in [3.05, 3.63) is 65.9 Å². The predicted octanol–water partition coefficient (Wildman–Crippen LogP) is 3.74. The van der Waals surface area contributed by atoms with Gasteiger partial charge in [-0.1, -0.05) is 24.3 Å². The van der Waals surface area contributed by atoms with Gasteiger partial charge in [-0.2, -0.15) is 5.10 Å². The minimum Gasteiger partial charge on any atom is -0.497 e. The molecular weight excluding hydrogens is 364 g/mol. The molecule has 1 amide bonds. The maximum Gasteiger partial charge on any atom is 0.272 e. The highest BCUT2D eigenvalue weighted by Crippen LogP contribution is 2.25. The van der Waals surface area contributed by atoms with Crippen molar-refractivity contribution in [1.82, 2.24) is 15.1 Å². The smallest absolute Gasteiger partial charge is 0.272 e. The third-order valence-electron chi connectivity index (χ3n) is 5.42. The fourth-order valence-electron chi connectivity index (χ4n) is 3.86. The van der Waals surface area contributed by atoms with Crippen LogP contribution in [0.4, 0.5) is 5.69 Å². The third kappa shape index (κ3) is 3.97. The predicted molar refractivity (Wildman–Crippen MR) is 114 cm³/mol. The van der Waals surface area contributed by atoms with Gasteiger partial charge in [0, 0.05) is 36.9 Å². The van der Waals surface area contributed by atoms with Gasteiger partial charge in [0.05, 0.1) is 12.8 Å². The van der Waals surface area contributed by atoms with Crippen LogP contribution in [0.3, 0.4) is 0 Å². The van der Waals surface area contributed by atoms with Gasteiger partial charge in [-0.05, 0) is 49.7 Å². The van der Waals surface area contributed by atoms with Crippen LogP contribution in [-0.4, -0.2) is 53.8 Å². The molecule has 0 unspecified atom stereocenters. The zero-order valence-corrected chi connectivity index (χ0v) is 17.1. The Morgan fingerprint density at radius 1 is 1.14 bits per heavy atom. The summed E-state index contributed by atoms with van der Waals surface area (Å²) in [5, 5.41) is 7.24. The normalized spacial score (nSPS) is 16.7. The van der Waals surface area contributed by atoms with Crippen molar-refractivity contribution in [3.8, 4) is 17.0 Å². The van der Waals surface area contributed by atoms with E-state index < -0.39 is 0 Å². The van der Waals surface area contributed by atoms with Gasteiger partial charge in [0.1, 0.15) is 11.4 Å². The van der Waals surface area contributed by atoms with Gasteiger partial charge >= 0.3 is 0 Å². The molecule has 0 spiro atoms. The van der Waals surface area contributed by atoms with Crippen molar-refractivity contribution in [3.63, 3.8) is 0 Å². The summed E-state index contributed by atoms with van der Waals surface area (Å²) in [5.74, 6) is 0.752. The molecule has 0 aliphatic carbocycles. The van der Waals surface area contributed by atoms with Gasteiger partial charge in [0.25, 0.3) is 5.91 Å². The zero-order chi connectivity index (χ0) is 20.4. The van der Waals surface area contributed by atoms with Crippen molar-refractivity contribution in [2.45, 2.75) is 19.9 Å². The number of hydrogen-bond acceptors (Lipinski definition) is 4. The van der Waals surface area contributed by atoms with E-state index in [-0.39, 0.29) is 11.9 Å². The van der Waals surface area contributed by atoms with E-state index in [1.807, 2.05) is 35.2 Å². The van der Waals surface area contributed by atoms with Crippen molar-refractivity contribution in [1.29, 1.82) is 0 Å². The second-order valence-electron chi connectivity index (χ2n) is 7.53. The molecule has 1 N–H and O–H groups in total. The molecule has 1 aliphatic rings. The first kappa shape index (κ1) is 19.1. The van der Waals surface area contributed by atoms with Crippen LogP contribution in [0.2, 0.25) is 0 Å². The number of nitrogens with zero attached hydrogens (tertiary/aromatic N) is 3. The lowest BCUT2D eigenvalue weighted by molar-refractivity contribution is 0.0720. The number of aromatic nitrogens is 2. The van der Waals surface area contributed by atoms with E-state index in [2.05, 4.69) is 53.2 Å². The van der Waals surface area contributed by atoms with Crippen LogP contribution in [0.5, 0.6) is 5.75 Å². The Labute approximate surface area is 171 Å². The highest BCUT2D eigenvalue weighted by atomic mass is 16.5. The molecular formula is C23H26N4O2. The Morgan fingerprint density at radius 3 is 2.72 bits per heavy atom. The largest absolute Gasteiger partial charge is 0.497 e. The number of aryl methyl sites for hydroxylation is 1. The Hall–Kier alpha value is -3.28. The number of anilines is 1. The Kier molecular flexibility index (Phi) is 5.25. The van der Waals surface area contributed by atoms with Crippen LogP contribution in [0.1, 0.15) is 23.0 Å². The molecule has 0 radical (unpaired) electrons. The number of ether oxygens (including phenoxy) is 1. The quantitative estimate of drug-likeness (QED) is 0.737. The summed E-state index contributed by atoms with van der Waals surface area (Å²) >= 11 is 0. The van der Waals surface area contributed by atoms with E-state index >= 15 is 0 Å². The number of amides is 1. The van der Waals surface area contributed by atoms with Gasteiger partial charge in [0.15, 0.2) is 0 Å². The zero-order valence-electron chi connectivity index (χ0n) is 17.1. The van der Waals surface area contributed by atoms with Crippen molar-refractivity contribution < 1.29 is 9.53 Å². The summed E-state index contributed by atoms with van der Waals surface area (Å²) in [7, 11) is 1.64. The summed E-state index contributed by atoms with van der Waals surface area (Å²) in [4.78, 5) is 17.3. The molecule has 6 nitrogen and oxygen atoms in total. The molecule has 0 bridgehead atoms. The minimum absolute atomic E-state index is 0.0117. The average Bonchev–Trinajstić information content (AvgIpc) is 3.23. The summed E-state index contributed by atoms with van der Waals surface area (Å²) in [5.41, 5.74) is 4.62. The molecule has 1 aromatic heterocycles. The van der Waals surface area contributed by atoms with E-state index in [9.17, 15) is 4.79 Å². The lowest BCUT2D eigenvalue weighted by Crippen LogP contribution is -2.53. The molecule has 3 aromatic rings. The molecule has 1 saturated heterocycles. The van der Waals surface area contributed by atoms with Gasteiger partial charge < -0.3 is 14.5 Å². The molecule has 1 aliphatic heterocycles. The molecule has 29 heavy (non-hydrogen) atoms. The summed E-state index contributed by atoms with van der Waals surface area (Å²) in [6.45, 7) is 6.45. The van der Waals surface area contributed by atoms with Crippen LogP contribution in [0.15, 0.2) is 54.6 Å². The van der Waals surface area contributed by atoms with Crippen LogP contribution in [0.25, 0.3) is 11.3 Å². The van der Waals surface area contributed by atoms with E-state index in [1.165, 1.54) is 11.3 Å². The van der Waals surface area contributed by atoms with E-state index in [1.54, 1.807) is 7.11 Å². The molecule has 6 heteroatoms. The van der Waals surface area contributed by atoms with Crippen molar-refractivity contribution in [2.75, 3.05) is 31.6 Å². The Balaban J connectivity index is 1.46. The second-order valence-corrected chi connectivity index (χ2v) is 7.53. The Bertz CT molecular complexity index is 1010. The van der Waals surface area contributed by atoms with Crippen molar-refractivity contribution >= 4 is 11.6 Å². The number of hydrogen-bond donors (Lipinski definition) is 1. The van der Waals surface area contributed by atoms with E-state index in [4.69, 9.17) is 4.74 Å². The van der Waals surface area contributed by atoms with Gasteiger partial charge in [-0.3, -0.25) is 9.89 Å². The second kappa shape index (κ2) is 7.99. The number of carbonyl (C=O) groups is 1. The number of H-pyrrole nitrogens is 1. The first-order chi connectivity index (χ1) is 14.0. The average molecular weight is 390 g/mol.